The van der Waals surface area contributed by atoms with Crippen molar-refractivity contribution in [1.82, 2.24) is 0 Å². The normalized spacial score (nSPS) is 14.0. The monoisotopic (exact) mass is 748 g/mol. The van der Waals surface area contributed by atoms with Crippen LogP contribution in [0.25, 0.3) is 0 Å². The SMILES string of the molecule is CCCCCCCC/C=C\CCCCCCCCCC(=O)O[C@H](COC(=O)CCCCCCCCCCCC)COP(=O)(O)OC[C@H](N)C(=O)O. The molecular formula is C39H74NO10P. The zero-order chi connectivity index (χ0) is 37.8. The first-order valence-electron chi connectivity index (χ1n) is 20.2. The third-order valence-electron chi connectivity index (χ3n) is 8.76. The van der Waals surface area contributed by atoms with Gasteiger partial charge in [0.1, 0.15) is 12.6 Å². The summed E-state index contributed by atoms with van der Waals surface area (Å²) in [6, 6.07) is -1.52. The quantitative estimate of drug-likeness (QED) is 0.0237. The highest BCUT2D eigenvalue weighted by Gasteiger charge is 2.28. The number of esters is 2. The molecule has 0 bridgehead atoms. The van der Waals surface area contributed by atoms with Gasteiger partial charge in [0.05, 0.1) is 13.2 Å². The lowest BCUT2D eigenvalue weighted by atomic mass is 10.1. The lowest BCUT2D eigenvalue weighted by Crippen LogP contribution is -2.34. The van der Waals surface area contributed by atoms with Crippen LogP contribution in [0.5, 0.6) is 0 Å². The van der Waals surface area contributed by atoms with Crippen LogP contribution in [0.1, 0.15) is 187 Å². The van der Waals surface area contributed by atoms with Crippen LogP contribution in [0.3, 0.4) is 0 Å². The summed E-state index contributed by atoms with van der Waals surface area (Å²) in [4.78, 5) is 45.7. The maximum atomic E-state index is 12.6. The highest BCUT2D eigenvalue weighted by Crippen LogP contribution is 2.43. The Balaban J connectivity index is 4.37. The molecule has 0 fully saturated rings. The van der Waals surface area contributed by atoms with E-state index in [1.807, 2.05) is 0 Å². The molecule has 4 N–H and O–H groups in total. The Kier molecular flexibility index (Phi) is 34.0. The number of aliphatic carboxylic acids is 1. The van der Waals surface area contributed by atoms with Crippen molar-refractivity contribution in [2.45, 2.75) is 199 Å². The fraction of sp³-hybridized carbons (Fsp3) is 0.872. The average molecular weight is 748 g/mol. The van der Waals surface area contributed by atoms with E-state index in [-0.39, 0.29) is 19.4 Å². The molecule has 0 rings (SSSR count). The second-order valence-electron chi connectivity index (χ2n) is 13.8. The lowest BCUT2D eigenvalue weighted by molar-refractivity contribution is -0.161. The van der Waals surface area contributed by atoms with E-state index in [4.69, 9.17) is 24.8 Å². The predicted molar refractivity (Wildman–Crippen MR) is 203 cm³/mol. The van der Waals surface area contributed by atoms with Crippen LogP contribution in [0, 0.1) is 0 Å². The minimum atomic E-state index is -4.70. The van der Waals surface area contributed by atoms with Crippen molar-refractivity contribution in [2.75, 3.05) is 19.8 Å². The molecule has 0 saturated carbocycles. The molecule has 0 radical (unpaired) electrons. The Morgan fingerprint density at radius 1 is 0.588 bits per heavy atom. The zero-order valence-corrected chi connectivity index (χ0v) is 33.1. The van der Waals surface area contributed by atoms with E-state index in [9.17, 15) is 23.8 Å². The standard InChI is InChI=1S/C39H74NO10P/c1-3-5-7-9-11-13-15-16-17-18-19-20-21-23-25-27-29-31-38(42)50-35(33-48-51(45,46)49-34-36(40)39(43)44)32-47-37(41)30-28-26-24-22-14-12-10-8-6-4-2/h16-17,35-36H,3-15,18-34,40H2,1-2H3,(H,43,44)(H,45,46)/b17-16-/t35-,36+/m1/s1. The largest absolute Gasteiger partial charge is 0.480 e. The van der Waals surface area contributed by atoms with Gasteiger partial charge in [-0.15, -0.1) is 0 Å². The van der Waals surface area contributed by atoms with Gasteiger partial charge in [0.15, 0.2) is 6.10 Å². The van der Waals surface area contributed by atoms with E-state index in [2.05, 4.69) is 30.5 Å². The lowest BCUT2D eigenvalue weighted by Gasteiger charge is -2.20. The number of phosphoric acid groups is 1. The molecule has 0 aliphatic heterocycles. The molecule has 51 heavy (non-hydrogen) atoms. The van der Waals surface area contributed by atoms with Crippen LogP contribution < -0.4 is 5.73 Å². The number of hydrogen-bond donors (Lipinski definition) is 3. The summed E-state index contributed by atoms with van der Waals surface area (Å²) >= 11 is 0. The molecule has 0 aromatic rings. The molecule has 3 atom stereocenters. The predicted octanol–water partition coefficient (Wildman–Crippen LogP) is 10.1. The maximum Gasteiger partial charge on any atom is 0.472 e. The van der Waals surface area contributed by atoms with E-state index in [0.717, 1.165) is 44.9 Å². The van der Waals surface area contributed by atoms with E-state index in [0.29, 0.717) is 12.8 Å². The summed E-state index contributed by atoms with van der Waals surface area (Å²) in [6.45, 7) is 2.78. The molecule has 0 aliphatic rings. The fourth-order valence-electron chi connectivity index (χ4n) is 5.53. The van der Waals surface area contributed by atoms with Crippen LogP contribution in [-0.2, 0) is 37.5 Å². The molecule has 0 aromatic carbocycles. The molecule has 0 spiro atoms. The van der Waals surface area contributed by atoms with Gasteiger partial charge in [-0.25, -0.2) is 4.57 Å². The van der Waals surface area contributed by atoms with Crippen molar-refractivity contribution in [3.63, 3.8) is 0 Å². The average Bonchev–Trinajstić information content (AvgIpc) is 3.10. The van der Waals surface area contributed by atoms with Crippen LogP contribution in [0.2, 0.25) is 0 Å². The first kappa shape index (κ1) is 49.2. The van der Waals surface area contributed by atoms with Crippen molar-refractivity contribution in [3.8, 4) is 0 Å². The first-order chi connectivity index (χ1) is 24.6. The second kappa shape index (κ2) is 35.3. The summed E-state index contributed by atoms with van der Waals surface area (Å²) in [7, 11) is -4.70. The summed E-state index contributed by atoms with van der Waals surface area (Å²) in [5.74, 6) is -2.38. The molecule has 0 heterocycles. The number of carboxylic acids is 1. The van der Waals surface area contributed by atoms with Gasteiger partial charge in [0, 0.05) is 12.8 Å². The molecule has 0 aromatic heterocycles. The Morgan fingerprint density at radius 3 is 1.43 bits per heavy atom. The molecule has 11 nitrogen and oxygen atoms in total. The Hall–Kier alpha value is -1.78. The topological polar surface area (TPSA) is 172 Å². The second-order valence-corrected chi connectivity index (χ2v) is 15.2. The van der Waals surface area contributed by atoms with Crippen molar-refractivity contribution in [3.05, 3.63) is 12.2 Å². The highest BCUT2D eigenvalue weighted by atomic mass is 31.2. The Morgan fingerprint density at radius 2 is 0.980 bits per heavy atom. The van der Waals surface area contributed by atoms with Gasteiger partial charge in [0.2, 0.25) is 0 Å². The number of rotatable bonds is 38. The number of allylic oxidation sites excluding steroid dienone is 2. The van der Waals surface area contributed by atoms with E-state index in [1.54, 1.807) is 0 Å². The van der Waals surface area contributed by atoms with Crippen LogP contribution in [0.15, 0.2) is 12.2 Å². The third-order valence-corrected chi connectivity index (χ3v) is 9.71. The minimum Gasteiger partial charge on any atom is -0.480 e. The Labute approximate surface area is 309 Å². The zero-order valence-electron chi connectivity index (χ0n) is 32.2. The van der Waals surface area contributed by atoms with Crippen LogP contribution in [-0.4, -0.2) is 59.9 Å². The number of nitrogens with two attached hydrogens (primary N) is 1. The number of phosphoric ester groups is 1. The summed E-state index contributed by atoms with van der Waals surface area (Å²) in [5, 5.41) is 8.86. The van der Waals surface area contributed by atoms with Gasteiger partial charge < -0.3 is 25.2 Å². The van der Waals surface area contributed by atoms with E-state index < -0.39 is 51.1 Å². The number of ether oxygens (including phenoxy) is 2. The minimum absolute atomic E-state index is 0.160. The van der Waals surface area contributed by atoms with E-state index in [1.165, 1.54) is 103 Å². The van der Waals surface area contributed by atoms with Gasteiger partial charge >= 0.3 is 25.7 Å². The van der Waals surface area contributed by atoms with Crippen molar-refractivity contribution in [2.24, 2.45) is 5.73 Å². The Bertz CT molecular complexity index is 932. The maximum absolute atomic E-state index is 12.6. The first-order valence-corrected chi connectivity index (χ1v) is 21.7. The van der Waals surface area contributed by atoms with Crippen LogP contribution >= 0.6 is 7.82 Å². The molecule has 0 amide bonds. The van der Waals surface area contributed by atoms with Gasteiger partial charge in [-0.05, 0) is 38.5 Å². The van der Waals surface area contributed by atoms with Gasteiger partial charge in [-0.2, -0.15) is 0 Å². The van der Waals surface area contributed by atoms with Gasteiger partial charge in [0.25, 0.3) is 0 Å². The van der Waals surface area contributed by atoms with E-state index >= 15 is 0 Å². The van der Waals surface area contributed by atoms with Crippen molar-refractivity contribution >= 4 is 25.7 Å². The molecule has 300 valence electrons. The number of hydrogen-bond acceptors (Lipinski definition) is 9. The molecule has 1 unspecified atom stereocenters. The molecular weight excluding hydrogens is 673 g/mol. The third kappa shape index (κ3) is 35.0. The molecule has 0 aliphatic carbocycles. The number of carbonyl (C=O) groups excluding carboxylic acids is 2. The van der Waals surface area contributed by atoms with Gasteiger partial charge in [-0.3, -0.25) is 23.4 Å². The van der Waals surface area contributed by atoms with Crippen LogP contribution in [0.4, 0.5) is 0 Å². The van der Waals surface area contributed by atoms with Crippen molar-refractivity contribution < 1.29 is 47.5 Å². The smallest absolute Gasteiger partial charge is 0.472 e. The highest BCUT2D eigenvalue weighted by molar-refractivity contribution is 7.47. The van der Waals surface area contributed by atoms with Gasteiger partial charge in [-0.1, -0.05) is 148 Å². The summed E-state index contributed by atoms with van der Waals surface area (Å²) in [6.07, 6.45) is 32.8. The fourth-order valence-corrected chi connectivity index (χ4v) is 6.31. The number of carboxylic acid groups (broad SMARTS) is 1. The summed E-state index contributed by atoms with van der Waals surface area (Å²) in [5.41, 5.74) is 5.32. The number of unbranched alkanes of at least 4 members (excludes halogenated alkanes) is 22. The number of carbonyl (C=O) groups is 3. The molecule has 0 saturated heterocycles. The summed E-state index contributed by atoms with van der Waals surface area (Å²) < 4.78 is 32.6. The van der Waals surface area contributed by atoms with Crippen molar-refractivity contribution in [1.29, 1.82) is 0 Å². The molecule has 12 heteroatoms.